The SMILES string of the molecule is Cc1cc2c(c(C)c1N)OCC[C@H]2N. The lowest BCUT2D eigenvalue weighted by atomic mass is 9.95. The van der Waals surface area contributed by atoms with Gasteiger partial charge in [-0.15, -0.1) is 0 Å². The molecule has 0 aliphatic carbocycles. The van der Waals surface area contributed by atoms with E-state index in [2.05, 4.69) is 0 Å². The topological polar surface area (TPSA) is 61.3 Å². The third-order valence-electron chi connectivity index (χ3n) is 2.88. The van der Waals surface area contributed by atoms with Gasteiger partial charge in [0.05, 0.1) is 6.61 Å². The van der Waals surface area contributed by atoms with E-state index in [1.54, 1.807) is 0 Å². The number of hydrogen-bond donors (Lipinski definition) is 2. The molecule has 0 radical (unpaired) electrons. The van der Waals surface area contributed by atoms with Gasteiger partial charge in [0.2, 0.25) is 0 Å². The molecule has 1 aliphatic heterocycles. The Morgan fingerprint density at radius 1 is 1.43 bits per heavy atom. The lowest BCUT2D eigenvalue weighted by molar-refractivity contribution is 0.267. The summed E-state index contributed by atoms with van der Waals surface area (Å²) in [4.78, 5) is 0. The third kappa shape index (κ3) is 1.24. The molecule has 0 spiro atoms. The number of benzene rings is 1. The second-order valence-electron chi connectivity index (χ2n) is 3.89. The predicted octanol–water partition coefficient (Wildman–Crippen LogP) is 1.67. The molecular formula is C11H16N2O. The molecule has 3 heteroatoms. The van der Waals surface area contributed by atoms with E-state index in [1.165, 1.54) is 0 Å². The molecule has 2 rings (SSSR count). The van der Waals surface area contributed by atoms with Gasteiger partial charge in [-0.1, -0.05) is 0 Å². The Morgan fingerprint density at radius 3 is 2.86 bits per heavy atom. The fourth-order valence-electron chi connectivity index (χ4n) is 1.92. The highest BCUT2D eigenvalue weighted by Crippen LogP contribution is 2.37. The number of rotatable bonds is 0. The van der Waals surface area contributed by atoms with E-state index in [9.17, 15) is 0 Å². The van der Waals surface area contributed by atoms with Crippen molar-refractivity contribution in [1.29, 1.82) is 0 Å². The summed E-state index contributed by atoms with van der Waals surface area (Å²) < 4.78 is 5.60. The van der Waals surface area contributed by atoms with Gasteiger partial charge in [-0.2, -0.15) is 0 Å². The van der Waals surface area contributed by atoms with Crippen molar-refractivity contribution in [2.24, 2.45) is 5.73 Å². The summed E-state index contributed by atoms with van der Waals surface area (Å²) in [6.07, 6.45) is 0.885. The van der Waals surface area contributed by atoms with E-state index in [0.717, 1.165) is 34.5 Å². The average Bonchev–Trinajstić information content (AvgIpc) is 2.17. The van der Waals surface area contributed by atoms with Crippen LogP contribution in [0.5, 0.6) is 5.75 Å². The largest absolute Gasteiger partial charge is 0.493 e. The van der Waals surface area contributed by atoms with E-state index < -0.39 is 0 Å². The molecule has 1 aromatic rings. The van der Waals surface area contributed by atoms with Gasteiger partial charge in [0.15, 0.2) is 0 Å². The zero-order chi connectivity index (χ0) is 10.3. The Bertz CT molecular complexity index is 374. The first-order valence-corrected chi connectivity index (χ1v) is 4.89. The molecule has 1 aliphatic rings. The first kappa shape index (κ1) is 9.34. The van der Waals surface area contributed by atoms with Crippen molar-refractivity contribution in [1.82, 2.24) is 0 Å². The molecule has 14 heavy (non-hydrogen) atoms. The van der Waals surface area contributed by atoms with E-state index in [1.807, 2.05) is 19.9 Å². The van der Waals surface area contributed by atoms with Crippen molar-refractivity contribution in [3.8, 4) is 5.75 Å². The maximum Gasteiger partial charge on any atom is 0.129 e. The summed E-state index contributed by atoms with van der Waals surface area (Å²) in [5.74, 6) is 0.895. The number of nitrogens with two attached hydrogens (primary N) is 2. The minimum absolute atomic E-state index is 0.0942. The molecule has 0 bridgehead atoms. The fraction of sp³-hybridized carbons (Fsp3) is 0.455. The molecule has 0 amide bonds. The Labute approximate surface area is 84.0 Å². The third-order valence-corrected chi connectivity index (χ3v) is 2.88. The van der Waals surface area contributed by atoms with Crippen molar-refractivity contribution in [2.75, 3.05) is 12.3 Å². The molecule has 1 heterocycles. The van der Waals surface area contributed by atoms with Crippen LogP contribution in [0, 0.1) is 13.8 Å². The van der Waals surface area contributed by atoms with Gasteiger partial charge in [0.25, 0.3) is 0 Å². The highest BCUT2D eigenvalue weighted by atomic mass is 16.5. The molecule has 1 atom stereocenters. The van der Waals surface area contributed by atoms with Crippen molar-refractivity contribution < 1.29 is 4.74 Å². The van der Waals surface area contributed by atoms with Crippen LogP contribution in [0.2, 0.25) is 0 Å². The predicted molar refractivity (Wildman–Crippen MR) is 57.4 cm³/mol. The van der Waals surface area contributed by atoms with Gasteiger partial charge in [-0.3, -0.25) is 0 Å². The molecule has 3 nitrogen and oxygen atoms in total. The van der Waals surface area contributed by atoms with E-state index in [4.69, 9.17) is 16.2 Å². The quantitative estimate of drug-likeness (QED) is 0.615. The van der Waals surface area contributed by atoms with Crippen LogP contribution in [0.4, 0.5) is 5.69 Å². The zero-order valence-electron chi connectivity index (χ0n) is 8.63. The Kier molecular flexibility index (Phi) is 2.11. The summed E-state index contributed by atoms with van der Waals surface area (Å²) in [5, 5.41) is 0. The molecule has 0 aromatic heterocycles. The van der Waals surface area contributed by atoms with Crippen molar-refractivity contribution in [3.05, 3.63) is 22.8 Å². The molecule has 0 saturated carbocycles. The number of aryl methyl sites for hydroxylation is 1. The van der Waals surface area contributed by atoms with Gasteiger partial charge < -0.3 is 16.2 Å². The number of anilines is 1. The van der Waals surface area contributed by atoms with Crippen LogP contribution < -0.4 is 16.2 Å². The molecule has 1 aromatic carbocycles. The lowest BCUT2D eigenvalue weighted by Crippen LogP contribution is -2.21. The van der Waals surface area contributed by atoms with E-state index in [0.29, 0.717) is 6.61 Å². The molecule has 0 saturated heterocycles. The summed E-state index contributed by atoms with van der Waals surface area (Å²) in [6, 6.07) is 2.14. The normalized spacial score (nSPS) is 20.1. The second-order valence-corrected chi connectivity index (χ2v) is 3.89. The summed E-state index contributed by atoms with van der Waals surface area (Å²) in [6.45, 7) is 4.68. The monoisotopic (exact) mass is 192 g/mol. The van der Waals surface area contributed by atoms with Gasteiger partial charge in [-0.05, 0) is 25.5 Å². The van der Waals surface area contributed by atoms with Crippen molar-refractivity contribution in [2.45, 2.75) is 26.3 Å². The molecule has 0 fully saturated rings. The minimum Gasteiger partial charge on any atom is -0.493 e. The standard InChI is InChI=1S/C11H16N2O/c1-6-5-8-9(12)3-4-14-11(8)7(2)10(6)13/h5,9H,3-4,12-13H2,1-2H3/t9-/m1/s1. The average molecular weight is 192 g/mol. The van der Waals surface area contributed by atoms with Gasteiger partial charge in [0, 0.05) is 29.3 Å². The Balaban J connectivity index is 2.63. The van der Waals surface area contributed by atoms with Gasteiger partial charge in [0.1, 0.15) is 5.75 Å². The van der Waals surface area contributed by atoms with Crippen molar-refractivity contribution in [3.63, 3.8) is 0 Å². The van der Waals surface area contributed by atoms with Crippen LogP contribution in [0.1, 0.15) is 29.2 Å². The highest BCUT2D eigenvalue weighted by molar-refractivity contribution is 5.62. The number of nitrogen functional groups attached to an aromatic ring is 1. The fourth-order valence-corrected chi connectivity index (χ4v) is 1.92. The summed E-state index contributed by atoms with van der Waals surface area (Å²) in [7, 11) is 0. The first-order valence-electron chi connectivity index (χ1n) is 4.89. The van der Waals surface area contributed by atoms with Crippen LogP contribution in [0.15, 0.2) is 6.07 Å². The van der Waals surface area contributed by atoms with Crippen LogP contribution in [-0.4, -0.2) is 6.61 Å². The number of hydrogen-bond acceptors (Lipinski definition) is 3. The van der Waals surface area contributed by atoms with Crippen LogP contribution >= 0.6 is 0 Å². The van der Waals surface area contributed by atoms with Crippen LogP contribution in [0.25, 0.3) is 0 Å². The lowest BCUT2D eigenvalue weighted by Gasteiger charge is -2.26. The zero-order valence-corrected chi connectivity index (χ0v) is 8.63. The maximum atomic E-state index is 6.01. The van der Waals surface area contributed by atoms with Crippen LogP contribution in [-0.2, 0) is 0 Å². The van der Waals surface area contributed by atoms with E-state index >= 15 is 0 Å². The highest BCUT2D eigenvalue weighted by Gasteiger charge is 2.21. The van der Waals surface area contributed by atoms with Crippen molar-refractivity contribution >= 4 is 5.69 Å². The Morgan fingerprint density at radius 2 is 2.14 bits per heavy atom. The molecule has 4 N–H and O–H groups in total. The summed E-state index contributed by atoms with van der Waals surface area (Å²) >= 11 is 0. The maximum absolute atomic E-state index is 6.01. The second kappa shape index (κ2) is 3.17. The molecule has 0 unspecified atom stereocenters. The molecular weight excluding hydrogens is 176 g/mol. The summed E-state index contributed by atoms with van der Waals surface area (Å²) in [5.41, 5.74) is 16.0. The first-order chi connectivity index (χ1) is 6.61. The number of fused-ring (bicyclic) bond motifs is 1. The smallest absolute Gasteiger partial charge is 0.129 e. The Hall–Kier alpha value is -1.22. The molecule has 76 valence electrons. The van der Waals surface area contributed by atoms with E-state index in [-0.39, 0.29) is 6.04 Å². The van der Waals surface area contributed by atoms with Gasteiger partial charge >= 0.3 is 0 Å². The minimum atomic E-state index is 0.0942. The van der Waals surface area contributed by atoms with Gasteiger partial charge in [-0.25, -0.2) is 0 Å². The number of ether oxygens (including phenoxy) is 1. The van der Waals surface area contributed by atoms with Crippen LogP contribution in [0.3, 0.4) is 0 Å².